The van der Waals surface area contributed by atoms with Crippen molar-refractivity contribution in [3.8, 4) is 5.75 Å². The standard InChI is InChI=1S/C28H39N3O5/c1-9-19(3)31(26(33)20(4)29-27(34)36-28(5,6)7)24(21-12-10-11-18(2)17-21)25(32)30-22-13-15-23(35-8)16-14-22/h10-17,19-20,24H,9H2,1-8H3,(H,29,34)(H,30,32). The fourth-order valence-corrected chi connectivity index (χ4v) is 3.73. The Hall–Kier alpha value is -3.55. The molecule has 0 fully saturated rings. The molecule has 8 nitrogen and oxygen atoms in total. The van der Waals surface area contributed by atoms with Crippen LogP contribution >= 0.6 is 0 Å². The fraction of sp³-hybridized carbons (Fsp3) is 0.464. The van der Waals surface area contributed by atoms with Gasteiger partial charge in [0.25, 0.3) is 5.91 Å². The number of rotatable bonds is 9. The van der Waals surface area contributed by atoms with E-state index in [1.165, 1.54) is 0 Å². The summed E-state index contributed by atoms with van der Waals surface area (Å²) < 4.78 is 10.5. The third-order valence-electron chi connectivity index (χ3n) is 5.67. The second kappa shape index (κ2) is 12.4. The van der Waals surface area contributed by atoms with E-state index in [1.54, 1.807) is 64.0 Å². The van der Waals surface area contributed by atoms with Crippen LogP contribution in [0.2, 0.25) is 0 Å². The number of carbonyl (C=O) groups is 3. The Morgan fingerprint density at radius 3 is 2.19 bits per heavy atom. The Balaban J connectivity index is 2.44. The van der Waals surface area contributed by atoms with Crippen LogP contribution in [0.4, 0.5) is 10.5 Å². The van der Waals surface area contributed by atoms with E-state index in [0.717, 1.165) is 5.56 Å². The number of aryl methyl sites for hydroxylation is 1. The lowest BCUT2D eigenvalue weighted by Crippen LogP contribution is -2.53. The van der Waals surface area contributed by atoms with Crippen molar-refractivity contribution in [2.75, 3.05) is 12.4 Å². The lowest BCUT2D eigenvalue weighted by molar-refractivity contribution is -0.143. The molecule has 2 rings (SSSR count). The van der Waals surface area contributed by atoms with E-state index in [4.69, 9.17) is 9.47 Å². The van der Waals surface area contributed by atoms with Crippen LogP contribution < -0.4 is 15.4 Å². The van der Waals surface area contributed by atoms with E-state index in [0.29, 0.717) is 23.4 Å². The van der Waals surface area contributed by atoms with Gasteiger partial charge in [0.1, 0.15) is 23.4 Å². The molecule has 0 aliphatic heterocycles. The van der Waals surface area contributed by atoms with Gasteiger partial charge in [0.15, 0.2) is 0 Å². The Morgan fingerprint density at radius 1 is 1.03 bits per heavy atom. The van der Waals surface area contributed by atoms with Crippen LogP contribution in [0.3, 0.4) is 0 Å². The third kappa shape index (κ3) is 8.00. The van der Waals surface area contributed by atoms with Gasteiger partial charge >= 0.3 is 6.09 Å². The summed E-state index contributed by atoms with van der Waals surface area (Å²) in [6.07, 6.45) is -0.0783. The molecule has 196 valence electrons. The zero-order chi connectivity index (χ0) is 27.0. The van der Waals surface area contributed by atoms with Gasteiger partial charge in [-0.15, -0.1) is 0 Å². The van der Waals surface area contributed by atoms with Gasteiger partial charge in [0.05, 0.1) is 7.11 Å². The summed E-state index contributed by atoms with van der Waals surface area (Å²) in [6, 6.07) is 12.4. The quantitative estimate of drug-likeness (QED) is 0.495. The van der Waals surface area contributed by atoms with E-state index in [2.05, 4.69) is 10.6 Å². The van der Waals surface area contributed by atoms with Crippen LogP contribution in [0.15, 0.2) is 48.5 Å². The number of benzene rings is 2. The Kier molecular flexibility index (Phi) is 9.90. The maximum absolute atomic E-state index is 13.7. The monoisotopic (exact) mass is 497 g/mol. The summed E-state index contributed by atoms with van der Waals surface area (Å²) in [5.74, 6) is -0.0721. The van der Waals surface area contributed by atoms with Crippen molar-refractivity contribution in [1.82, 2.24) is 10.2 Å². The van der Waals surface area contributed by atoms with Crippen molar-refractivity contribution >= 4 is 23.6 Å². The maximum atomic E-state index is 13.7. The highest BCUT2D eigenvalue weighted by Crippen LogP contribution is 2.28. The molecule has 0 radical (unpaired) electrons. The van der Waals surface area contributed by atoms with Gasteiger partial charge < -0.3 is 25.0 Å². The number of nitrogens with zero attached hydrogens (tertiary/aromatic N) is 1. The molecule has 0 saturated heterocycles. The molecule has 2 aromatic carbocycles. The van der Waals surface area contributed by atoms with Crippen molar-refractivity contribution in [2.45, 2.75) is 78.6 Å². The summed E-state index contributed by atoms with van der Waals surface area (Å²) in [7, 11) is 1.57. The van der Waals surface area contributed by atoms with Gasteiger partial charge in [0, 0.05) is 11.7 Å². The minimum Gasteiger partial charge on any atom is -0.497 e. The molecular weight excluding hydrogens is 458 g/mol. The predicted molar refractivity (Wildman–Crippen MR) is 141 cm³/mol. The van der Waals surface area contributed by atoms with Crippen molar-refractivity contribution in [3.63, 3.8) is 0 Å². The van der Waals surface area contributed by atoms with Gasteiger partial charge in [-0.1, -0.05) is 36.8 Å². The van der Waals surface area contributed by atoms with Crippen LogP contribution in [0, 0.1) is 6.92 Å². The van der Waals surface area contributed by atoms with E-state index in [9.17, 15) is 14.4 Å². The number of nitrogens with one attached hydrogen (secondary N) is 2. The van der Waals surface area contributed by atoms with Crippen LogP contribution in [-0.2, 0) is 14.3 Å². The van der Waals surface area contributed by atoms with E-state index in [-0.39, 0.29) is 17.9 Å². The molecule has 0 aromatic heterocycles. The average Bonchev–Trinajstić information content (AvgIpc) is 2.80. The average molecular weight is 498 g/mol. The molecule has 0 heterocycles. The smallest absolute Gasteiger partial charge is 0.408 e. The van der Waals surface area contributed by atoms with Gasteiger partial charge in [-0.3, -0.25) is 9.59 Å². The molecule has 8 heteroatoms. The maximum Gasteiger partial charge on any atom is 0.408 e. The first-order chi connectivity index (χ1) is 16.9. The largest absolute Gasteiger partial charge is 0.497 e. The SMILES string of the molecule is CCC(C)N(C(=O)C(C)NC(=O)OC(C)(C)C)C(C(=O)Nc1ccc(OC)cc1)c1cccc(C)c1. The van der Waals surface area contributed by atoms with Crippen molar-refractivity contribution in [1.29, 1.82) is 0 Å². The number of carbonyl (C=O) groups excluding carboxylic acids is 3. The van der Waals surface area contributed by atoms with Crippen LogP contribution in [0.1, 0.15) is 65.1 Å². The summed E-state index contributed by atoms with van der Waals surface area (Å²) in [4.78, 5) is 41.4. The van der Waals surface area contributed by atoms with Crippen LogP contribution in [-0.4, -0.2) is 47.6 Å². The summed E-state index contributed by atoms with van der Waals surface area (Å²) >= 11 is 0. The van der Waals surface area contributed by atoms with Crippen molar-refractivity contribution < 1.29 is 23.9 Å². The number of methoxy groups -OCH3 is 1. The summed E-state index contributed by atoms with van der Waals surface area (Å²) in [5, 5.41) is 5.55. The number of amides is 3. The highest BCUT2D eigenvalue weighted by molar-refractivity contribution is 5.99. The van der Waals surface area contributed by atoms with Crippen LogP contribution in [0.5, 0.6) is 5.75 Å². The molecule has 2 aromatic rings. The molecular formula is C28H39N3O5. The topological polar surface area (TPSA) is 97.0 Å². The highest BCUT2D eigenvalue weighted by Gasteiger charge is 2.37. The summed E-state index contributed by atoms with van der Waals surface area (Å²) in [6.45, 7) is 12.6. The van der Waals surface area contributed by atoms with Crippen molar-refractivity contribution in [2.24, 2.45) is 0 Å². The van der Waals surface area contributed by atoms with Crippen LogP contribution in [0.25, 0.3) is 0 Å². The Labute approximate surface area is 214 Å². The predicted octanol–water partition coefficient (Wildman–Crippen LogP) is 5.22. The molecule has 2 N–H and O–H groups in total. The van der Waals surface area contributed by atoms with Gasteiger partial charge in [-0.05, 0) is 77.8 Å². The molecule has 0 bridgehead atoms. The molecule has 0 aliphatic carbocycles. The Bertz CT molecular complexity index is 1050. The molecule has 36 heavy (non-hydrogen) atoms. The Morgan fingerprint density at radius 2 is 1.67 bits per heavy atom. The van der Waals surface area contributed by atoms with Crippen molar-refractivity contribution in [3.05, 3.63) is 59.7 Å². The number of hydrogen-bond acceptors (Lipinski definition) is 5. The molecule has 0 spiro atoms. The molecule has 3 unspecified atom stereocenters. The first-order valence-electron chi connectivity index (χ1n) is 12.2. The fourth-order valence-electron chi connectivity index (χ4n) is 3.73. The minimum atomic E-state index is -0.919. The lowest BCUT2D eigenvalue weighted by atomic mass is 9.98. The van der Waals surface area contributed by atoms with E-state index < -0.39 is 23.8 Å². The zero-order valence-corrected chi connectivity index (χ0v) is 22.5. The second-order valence-corrected chi connectivity index (χ2v) is 9.91. The zero-order valence-electron chi connectivity index (χ0n) is 22.5. The minimum absolute atomic E-state index is 0.285. The summed E-state index contributed by atoms with van der Waals surface area (Å²) in [5.41, 5.74) is 1.52. The molecule has 0 aliphatic rings. The second-order valence-electron chi connectivity index (χ2n) is 9.91. The highest BCUT2D eigenvalue weighted by atomic mass is 16.6. The van der Waals surface area contributed by atoms with Gasteiger partial charge in [0.2, 0.25) is 5.91 Å². The lowest BCUT2D eigenvalue weighted by Gasteiger charge is -2.37. The first kappa shape index (κ1) is 28.7. The molecule has 3 amide bonds. The van der Waals surface area contributed by atoms with Gasteiger partial charge in [-0.2, -0.15) is 0 Å². The first-order valence-corrected chi connectivity index (χ1v) is 12.2. The number of ether oxygens (including phenoxy) is 2. The van der Waals surface area contributed by atoms with E-state index in [1.807, 2.05) is 45.0 Å². The molecule has 0 saturated carbocycles. The third-order valence-corrected chi connectivity index (χ3v) is 5.67. The van der Waals surface area contributed by atoms with E-state index >= 15 is 0 Å². The molecule has 3 atom stereocenters. The normalized spacial score (nSPS) is 13.7. The number of anilines is 1. The number of hydrogen-bond donors (Lipinski definition) is 2. The van der Waals surface area contributed by atoms with Gasteiger partial charge in [-0.25, -0.2) is 4.79 Å². The number of alkyl carbamates (subject to hydrolysis) is 1.